The summed E-state index contributed by atoms with van der Waals surface area (Å²) >= 11 is 6.50. The van der Waals surface area contributed by atoms with E-state index >= 15 is 0 Å². The Kier molecular flexibility index (Phi) is 5.27. The summed E-state index contributed by atoms with van der Waals surface area (Å²) in [5.74, 6) is 0.869. The Labute approximate surface area is 132 Å². The van der Waals surface area contributed by atoms with Crippen molar-refractivity contribution in [2.75, 3.05) is 13.7 Å². The van der Waals surface area contributed by atoms with Crippen LogP contribution in [0.3, 0.4) is 0 Å². The number of aryl methyl sites for hydroxylation is 2. The van der Waals surface area contributed by atoms with Gasteiger partial charge < -0.3 is 10.1 Å². The molecule has 2 aromatic rings. The van der Waals surface area contributed by atoms with Crippen LogP contribution in [0.4, 0.5) is 0 Å². The smallest absolute Gasteiger partial charge is 0.127 e. The van der Waals surface area contributed by atoms with E-state index in [1.165, 1.54) is 16.7 Å². The minimum absolute atomic E-state index is 0.760. The molecule has 0 fully saturated rings. The van der Waals surface area contributed by atoms with Gasteiger partial charge in [-0.05, 0) is 49.2 Å². The fourth-order valence-electron chi connectivity index (χ4n) is 2.58. The lowest BCUT2D eigenvalue weighted by atomic mass is 9.96. The van der Waals surface area contributed by atoms with E-state index in [0.717, 1.165) is 35.0 Å². The zero-order valence-corrected chi connectivity index (χ0v) is 13.8. The van der Waals surface area contributed by atoms with Gasteiger partial charge in [-0.2, -0.15) is 0 Å². The lowest BCUT2D eigenvalue weighted by Crippen LogP contribution is -2.11. The Morgan fingerprint density at radius 1 is 1.14 bits per heavy atom. The molecule has 0 heterocycles. The molecule has 2 rings (SSSR count). The van der Waals surface area contributed by atoms with Gasteiger partial charge in [0.25, 0.3) is 0 Å². The Morgan fingerprint density at radius 2 is 1.90 bits per heavy atom. The standard InChI is InChI=1S/C18H22ClNO/c1-5-20-11-14-6-7-15(16(19)10-14)18-13(3)8-12(2)9-17(18)21-4/h6-10,20H,5,11H2,1-4H3. The van der Waals surface area contributed by atoms with Crippen LogP contribution in [0, 0.1) is 13.8 Å². The first-order valence-corrected chi connectivity index (χ1v) is 7.59. The first-order valence-electron chi connectivity index (χ1n) is 7.21. The lowest BCUT2D eigenvalue weighted by Gasteiger charge is -2.15. The van der Waals surface area contributed by atoms with Crippen molar-refractivity contribution in [3.8, 4) is 16.9 Å². The van der Waals surface area contributed by atoms with Crippen molar-refractivity contribution < 1.29 is 4.74 Å². The van der Waals surface area contributed by atoms with Crippen LogP contribution >= 0.6 is 11.6 Å². The molecule has 3 heteroatoms. The summed E-state index contributed by atoms with van der Waals surface area (Å²) in [6, 6.07) is 10.4. The average Bonchev–Trinajstić information content (AvgIpc) is 2.45. The van der Waals surface area contributed by atoms with Crippen LogP contribution in [0.1, 0.15) is 23.6 Å². The van der Waals surface area contributed by atoms with E-state index < -0.39 is 0 Å². The summed E-state index contributed by atoms with van der Waals surface area (Å²) in [5, 5.41) is 4.07. The van der Waals surface area contributed by atoms with E-state index in [2.05, 4.69) is 44.3 Å². The van der Waals surface area contributed by atoms with Gasteiger partial charge in [-0.3, -0.25) is 0 Å². The number of hydrogen-bond acceptors (Lipinski definition) is 2. The first-order chi connectivity index (χ1) is 10.1. The Balaban J connectivity index is 2.47. The van der Waals surface area contributed by atoms with Crippen molar-refractivity contribution >= 4 is 11.6 Å². The Hall–Kier alpha value is -1.51. The van der Waals surface area contributed by atoms with E-state index in [0.29, 0.717) is 0 Å². The fourth-order valence-corrected chi connectivity index (χ4v) is 2.87. The molecule has 1 N–H and O–H groups in total. The molecule has 0 amide bonds. The number of halogens is 1. The van der Waals surface area contributed by atoms with Crippen molar-refractivity contribution in [2.24, 2.45) is 0 Å². The van der Waals surface area contributed by atoms with Crippen molar-refractivity contribution in [1.29, 1.82) is 0 Å². The number of ether oxygens (including phenoxy) is 1. The van der Waals surface area contributed by atoms with E-state index in [9.17, 15) is 0 Å². The summed E-state index contributed by atoms with van der Waals surface area (Å²) in [6.45, 7) is 8.04. The molecule has 0 saturated carbocycles. The van der Waals surface area contributed by atoms with Crippen LogP contribution in [-0.2, 0) is 6.54 Å². The molecule has 0 atom stereocenters. The number of methoxy groups -OCH3 is 1. The third-order valence-electron chi connectivity index (χ3n) is 3.55. The maximum atomic E-state index is 6.50. The molecule has 21 heavy (non-hydrogen) atoms. The van der Waals surface area contributed by atoms with Gasteiger partial charge in [0.1, 0.15) is 5.75 Å². The number of nitrogens with one attached hydrogen (secondary N) is 1. The van der Waals surface area contributed by atoms with E-state index in [4.69, 9.17) is 16.3 Å². The van der Waals surface area contributed by atoms with Crippen molar-refractivity contribution in [3.05, 3.63) is 52.0 Å². The maximum Gasteiger partial charge on any atom is 0.127 e. The highest BCUT2D eigenvalue weighted by atomic mass is 35.5. The SMILES string of the molecule is CCNCc1ccc(-c2c(C)cc(C)cc2OC)c(Cl)c1. The molecular formula is C18H22ClNO. The summed E-state index contributed by atoms with van der Waals surface area (Å²) in [6.07, 6.45) is 0. The van der Waals surface area contributed by atoms with E-state index in [1.807, 2.05) is 12.1 Å². The minimum atomic E-state index is 0.760. The Morgan fingerprint density at radius 3 is 2.52 bits per heavy atom. The molecule has 0 radical (unpaired) electrons. The molecule has 0 spiro atoms. The Bertz CT molecular complexity index is 637. The van der Waals surface area contributed by atoms with Gasteiger partial charge in [0.05, 0.1) is 7.11 Å². The zero-order chi connectivity index (χ0) is 15.4. The van der Waals surface area contributed by atoms with Crippen molar-refractivity contribution in [2.45, 2.75) is 27.3 Å². The molecule has 0 aromatic heterocycles. The second kappa shape index (κ2) is 6.97. The van der Waals surface area contributed by atoms with Crippen molar-refractivity contribution in [1.82, 2.24) is 5.32 Å². The molecule has 0 aliphatic heterocycles. The molecule has 2 nitrogen and oxygen atoms in total. The second-order valence-corrected chi connectivity index (χ2v) is 5.66. The molecule has 2 aromatic carbocycles. The summed E-state index contributed by atoms with van der Waals surface area (Å²) in [5.41, 5.74) is 5.64. The minimum Gasteiger partial charge on any atom is -0.496 e. The monoisotopic (exact) mass is 303 g/mol. The molecule has 112 valence electrons. The van der Waals surface area contributed by atoms with Gasteiger partial charge in [0, 0.05) is 22.7 Å². The zero-order valence-electron chi connectivity index (χ0n) is 13.1. The average molecular weight is 304 g/mol. The predicted octanol–water partition coefficient (Wildman–Crippen LogP) is 4.74. The fraction of sp³-hybridized carbons (Fsp3) is 0.333. The molecule has 0 bridgehead atoms. The first kappa shape index (κ1) is 15.9. The van der Waals surface area contributed by atoms with E-state index in [1.54, 1.807) is 7.11 Å². The van der Waals surface area contributed by atoms with Crippen LogP contribution in [0.2, 0.25) is 5.02 Å². The van der Waals surface area contributed by atoms with Gasteiger partial charge in [0.2, 0.25) is 0 Å². The van der Waals surface area contributed by atoms with Gasteiger partial charge >= 0.3 is 0 Å². The van der Waals surface area contributed by atoms with Crippen LogP contribution in [0.5, 0.6) is 5.75 Å². The second-order valence-electron chi connectivity index (χ2n) is 5.25. The topological polar surface area (TPSA) is 21.3 Å². The lowest BCUT2D eigenvalue weighted by molar-refractivity contribution is 0.416. The number of benzene rings is 2. The van der Waals surface area contributed by atoms with Gasteiger partial charge in [-0.25, -0.2) is 0 Å². The predicted molar refractivity (Wildman–Crippen MR) is 90.3 cm³/mol. The highest BCUT2D eigenvalue weighted by Crippen LogP contribution is 2.38. The molecule has 0 saturated heterocycles. The van der Waals surface area contributed by atoms with Crippen molar-refractivity contribution in [3.63, 3.8) is 0 Å². The third-order valence-corrected chi connectivity index (χ3v) is 3.86. The van der Waals surface area contributed by atoms with Gasteiger partial charge in [0.15, 0.2) is 0 Å². The molecular weight excluding hydrogens is 282 g/mol. The summed E-state index contributed by atoms with van der Waals surface area (Å²) < 4.78 is 5.54. The quantitative estimate of drug-likeness (QED) is 0.861. The summed E-state index contributed by atoms with van der Waals surface area (Å²) in [4.78, 5) is 0. The van der Waals surface area contributed by atoms with Crippen LogP contribution in [0.15, 0.2) is 30.3 Å². The molecule has 0 aliphatic rings. The molecule has 0 aliphatic carbocycles. The number of rotatable bonds is 5. The third kappa shape index (κ3) is 3.58. The summed E-state index contributed by atoms with van der Waals surface area (Å²) in [7, 11) is 1.70. The van der Waals surface area contributed by atoms with Gasteiger partial charge in [-0.15, -0.1) is 0 Å². The van der Waals surface area contributed by atoms with E-state index in [-0.39, 0.29) is 0 Å². The normalized spacial score (nSPS) is 10.7. The van der Waals surface area contributed by atoms with Crippen LogP contribution in [0.25, 0.3) is 11.1 Å². The highest BCUT2D eigenvalue weighted by Gasteiger charge is 2.13. The molecule has 0 unspecified atom stereocenters. The van der Waals surface area contributed by atoms with Crippen LogP contribution in [-0.4, -0.2) is 13.7 Å². The highest BCUT2D eigenvalue weighted by molar-refractivity contribution is 6.33. The van der Waals surface area contributed by atoms with Gasteiger partial charge in [-0.1, -0.05) is 36.7 Å². The maximum absolute atomic E-state index is 6.50. The largest absolute Gasteiger partial charge is 0.496 e. The number of hydrogen-bond donors (Lipinski definition) is 1. The van der Waals surface area contributed by atoms with Crippen LogP contribution < -0.4 is 10.1 Å².